The van der Waals surface area contributed by atoms with Crippen molar-refractivity contribution in [3.63, 3.8) is 0 Å². The van der Waals surface area contributed by atoms with Crippen molar-refractivity contribution < 1.29 is 9.90 Å². The Morgan fingerprint density at radius 3 is 2.55 bits per heavy atom. The van der Waals surface area contributed by atoms with Crippen LogP contribution in [-0.2, 0) is 0 Å². The lowest BCUT2D eigenvalue weighted by Crippen LogP contribution is -2.37. The minimum atomic E-state index is -1.00. The van der Waals surface area contributed by atoms with E-state index in [0.717, 1.165) is 24.5 Å². The van der Waals surface area contributed by atoms with Gasteiger partial charge in [0.15, 0.2) is 5.69 Å². The van der Waals surface area contributed by atoms with E-state index in [1.807, 2.05) is 36.2 Å². The van der Waals surface area contributed by atoms with Gasteiger partial charge >= 0.3 is 5.97 Å². The second-order valence-electron chi connectivity index (χ2n) is 4.74. The van der Waals surface area contributed by atoms with Crippen molar-refractivity contribution in [1.82, 2.24) is 4.98 Å². The number of carboxylic acid groups (broad SMARTS) is 1. The van der Waals surface area contributed by atoms with E-state index in [2.05, 4.69) is 9.88 Å². The van der Waals surface area contributed by atoms with Gasteiger partial charge in [0.05, 0.1) is 17.1 Å². The SMILES string of the molecule is CN1CCN(c2cccnc2C(=O)O)c2ccccc21. The lowest BCUT2D eigenvalue weighted by molar-refractivity contribution is 0.0691. The molecule has 2 aromatic rings. The minimum Gasteiger partial charge on any atom is -0.476 e. The molecule has 0 aliphatic carbocycles. The second-order valence-corrected chi connectivity index (χ2v) is 4.74. The molecule has 0 radical (unpaired) electrons. The summed E-state index contributed by atoms with van der Waals surface area (Å²) in [5.41, 5.74) is 2.84. The summed E-state index contributed by atoms with van der Waals surface area (Å²) in [6.07, 6.45) is 1.51. The zero-order valence-electron chi connectivity index (χ0n) is 11.2. The normalized spacial score (nSPS) is 14.1. The zero-order valence-corrected chi connectivity index (χ0v) is 11.2. The van der Waals surface area contributed by atoms with Gasteiger partial charge in [0.25, 0.3) is 0 Å². The van der Waals surface area contributed by atoms with Gasteiger partial charge < -0.3 is 14.9 Å². The van der Waals surface area contributed by atoms with E-state index in [0.29, 0.717) is 5.69 Å². The summed E-state index contributed by atoms with van der Waals surface area (Å²) in [6.45, 7) is 1.57. The van der Waals surface area contributed by atoms with E-state index in [-0.39, 0.29) is 5.69 Å². The van der Waals surface area contributed by atoms with Gasteiger partial charge in [-0.2, -0.15) is 0 Å². The second kappa shape index (κ2) is 4.85. The molecule has 3 rings (SSSR count). The number of hydrogen-bond acceptors (Lipinski definition) is 4. The molecule has 0 atom stereocenters. The van der Waals surface area contributed by atoms with E-state index in [1.54, 1.807) is 12.1 Å². The molecule has 0 fully saturated rings. The van der Waals surface area contributed by atoms with Crippen LogP contribution < -0.4 is 9.80 Å². The molecule has 0 saturated heterocycles. The van der Waals surface area contributed by atoms with Gasteiger partial charge in [-0.3, -0.25) is 0 Å². The van der Waals surface area contributed by atoms with Gasteiger partial charge in [-0.1, -0.05) is 12.1 Å². The van der Waals surface area contributed by atoms with Crippen molar-refractivity contribution >= 4 is 23.0 Å². The molecule has 1 aliphatic rings. The Kier molecular flexibility index (Phi) is 3.02. The number of benzene rings is 1. The van der Waals surface area contributed by atoms with Crippen LogP contribution in [0.5, 0.6) is 0 Å². The fourth-order valence-corrected chi connectivity index (χ4v) is 2.54. The smallest absolute Gasteiger partial charge is 0.356 e. The van der Waals surface area contributed by atoms with E-state index in [4.69, 9.17) is 0 Å². The number of anilines is 3. The maximum atomic E-state index is 11.3. The van der Waals surface area contributed by atoms with Crippen LogP contribution >= 0.6 is 0 Å². The number of aromatic nitrogens is 1. The Labute approximate surface area is 117 Å². The van der Waals surface area contributed by atoms with E-state index >= 15 is 0 Å². The number of para-hydroxylation sites is 2. The molecule has 0 unspecified atom stereocenters. The first-order valence-corrected chi connectivity index (χ1v) is 6.44. The molecule has 5 heteroatoms. The van der Waals surface area contributed by atoms with Crippen molar-refractivity contribution in [1.29, 1.82) is 0 Å². The number of aromatic carboxylic acids is 1. The summed E-state index contributed by atoms with van der Waals surface area (Å²) in [6, 6.07) is 11.6. The maximum absolute atomic E-state index is 11.3. The molecule has 5 nitrogen and oxygen atoms in total. The standard InChI is InChI=1S/C15H15N3O2/c1-17-9-10-18(12-6-3-2-5-11(12)17)13-7-4-8-16-14(13)15(19)20/h2-8H,9-10H2,1H3,(H,19,20). The van der Waals surface area contributed by atoms with Crippen LogP contribution in [-0.4, -0.2) is 36.2 Å². The third-order valence-corrected chi connectivity index (χ3v) is 3.52. The molecule has 0 amide bonds. The third kappa shape index (κ3) is 1.97. The van der Waals surface area contributed by atoms with Gasteiger partial charge in [0.2, 0.25) is 0 Å². The molecule has 0 spiro atoms. The molecule has 0 saturated carbocycles. The topological polar surface area (TPSA) is 56.7 Å². The Balaban J connectivity index is 2.13. The van der Waals surface area contributed by atoms with Crippen molar-refractivity contribution in [2.24, 2.45) is 0 Å². The summed E-state index contributed by atoms with van der Waals surface area (Å²) < 4.78 is 0. The largest absolute Gasteiger partial charge is 0.476 e. The van der Waals surface area contributed by atoms with Crippen molar-refractivity contribution in [3.05, 3.63) is 48.3 Å². The van der Waals surface area contributed by atoms with Crippen LogP contribution in [0.3, 0.4) is 0 Å². The van der Waals surface area contributed by atoms with Crippen LogP contribution in [0.4, 0.5) is 17.1 Å². The molecule has 20 heavy (non-hydrogen) atoms. The predicted molar refractivity (Wildman–Crippen MR) is 77.9 cm³/mol. The predicted octanol–water partition coefficient (Wildman–Crippen LogP) is 2.37. The van der Waals surface area contributed by atoms with E-state index < -0.39 is 5.97 Å². The highest BCUT2D eigenvalue weighted by atomic mass is 16.4. The Morgan fingerprint density at radius 1 is 1.10 bits per heavy atom. The number of nitrogens with zero attached hydrogens (tertiary/aromatic N) is 3. The van der Waals surface area contributed by atoms with Crippen LogP contribution in [0.2, 0.25) is 0 Å². The molecule has 1 N–H and O–H groups in total. The molecular formula is C15H15N3O2. The summed E-state index contributed by atoms with van der Waals surface area (Å²) in [4.78, 5) is 19.5. The number of rotatable bonds is 2. The van der Waals surface area contributed by atoms with E-state index in [9.17, 15) is 9.90 Å². The van der Waals surface area contributed by atoms with Gasteiger partial charge in [0, 0.05) is 26.3 Å². The van der Waals surface area contributed by atoms with Gasteiger partial charge in [0.1, 0.15) is 0 Å². The van der Waals surface area contributed by atoms with Gasteiger partial charge in [-0.05, 0) is 24.3 Å². The zero-order chi connectivity index (χ0) is 14.1. The van der Waals surface area contributed by atoms with Gasteiger partial charge in [-0.15, -0.1) is 0 Å². The monoisotopic (exact) mass is 269 g/mol. The molecule has 2 heterocycles. The lowest BCUT2D eigenvalue weighted by Gasteiger charge is -2.37. The average molecular weight is 269 g/mol. The first-order chi connectivity index (χ1) is 9.68. The van der Waals surface area contributed by atoms with Crippen molar-refractivity contribution in [2.75, 3.05) is 29.9 Å². The van der Waals surface area contributed by atoms with Crippen molar-refractivity contribution in [3.8, 4) is 0 Å². The van der Waals surface area contributed by atoms with Crippen LogP contribution in [0.25, 0.3) is 0 Å². The number of likely N-dealkylation sites (N-methyl/N-ethyl adjacent to an activating group) is 1. The lowest BCUT2D eigenvalue weighted by atomic mass is 10.1. The molecule has 1 aliphatic heterocycles. The van der Waals surface area contributed by atoms with Gasteiger partial charge in [-0.25, -0.2) is 9.78 Å². The molecular weight excluding hydrogens is 254 g/mol. The molecule has 102 valence electrons. The number of hydrogen-bond donors (Lipinski definition) is 1. The van der Waals surface area contributed by atoms with Crippen LogP contribution in [0.1, 0.15) is 10.5 Å². The summed E-state index contributed by atoms with van der Waals surface area (Å²) in [5.74, 6) is -1.00. The minimum absolute atomic E-state index is 0.0897. The number of carbonyl (C=O) groups is 1. The average Bonchev–Trinajstić information content (AvgIpc) is 2.48. The molecule has 1 aromatic carbocycles. The van der Waals surface area contributed by atoms with E-state index in [1.165, 1.54) is 6.20 Å². The number of fused-ring (bicyclic) bond motifs is 1. The van der Waals surface area contributed by atoms with Crippen molar-refractivity contribution in [2.45, 2.75) is 0 Å². The highest BCUT2D eigenvalue weighted by molar-refractivity contribution is 5.94. The highest BCUT2D eigenvalue weighted by Crippen LogP contribution is 2.37. The third-order valence-electron chi connectivity index (χ3n) is 3.52. The fourth-order valence-electron chi connectivity index (χ4n) is 2.54. The summed E-state index contributed by atoms with van der Waals surface area (Å²) >= 11 is 0. The first-order valence-electron chi connectivity index (χ1n) is 6.44. The molecule has 0 bridgehead atoms. The van der Waals surface area contributed by atoms with Crippen LogP contribution in [0, 0.1) is 0 Å². The maximum Gasteiger partial charge on any atom is 0.356 e. The Bertz CT molecular complexity index is 657. The molecule has 1 aromatic heterocycles. The first kappa shape index (κ1) is 12.5. The Morgan fingerprint density at radius 2 is 1.80 bits per heavy atom. The highest BCUT2D eigenvalue weighted by Gasteiger charge is 2.24. The Hall–Kier alpha value is -2.56. The number of pyridine rings is 1. The number of carboxylic acids is 1. The summed E-state index contributed by atoms with van der Waals surface area (Å²) in [5, 5.41) is 9.30. The quantitative estimate of drug-likeness (QED) is 0.907. The van der Waals surface area contributed by atoms with Crippen LogP contribution in [0.15, 0.2) is 42.6 Å². The summed E-state index contributed by atoms with van der Waals surface area (Å²) in [7, 11) is 2.04. The fraction of sp³-hybridized carbons (Fsp3) is 0.200.